The predicted molar refractivity (Wildman–Crippen MR) is 55.7 cm³/mol. The Kier molecular flexibility index (Phi) is 2.44. The molecule has 0 radical (unpaired) electrons. The van der Waals surface area contributed by atoms with Crippen molar-refractivity contribution >= 4 is 5.69 Å². The van der Waals surface area contributed by atoms with E-state index in [0.717, 1.165) is 19.3 Å². The first-order valence-electron chi connectivity index (χ1n) is 5.04. The van der Waals surface area contributed by atoms with Gasteiger partial charge in [-0.25, -0.2) is 0 Å². The summed E-state index contributed by atoms with van der Waals surface area (Å²) < 4.78 is 0. The minimum absolute atomic E-state index is 0.00213. The Hall–Kier alpha value is -1.42. The lowest BCUT2D eigenvalue weighted by molar-refractivity contribution is -0.386. The molecular weight excluding hydrogens is 194 g/mol. The highest BCUT2D eigenvalue weighted by atomic mass is 16.6. The molecule has 15 heavy (non-hydrogen) atoms. The molecule has 0 atom stereocenters. The van der Waals surface area contributed by atoms with Gasteiger partial charge < -0.3 is 5.11 Å². The van der Waals surface area contributed by atoms with Crippen LogP contribution < -0.4 is 0 Å². The van der Waals surface area contributed by atoms with E-state index in [2.05, 4.69) is 0 Å². The molecule has 0 spiro atoms. The van der Waals surface area contributed by atoms with Crippen molar-refractivity contribution in [2.45, 2.75) is 24.7 Å². The number of hydrogen-bond donors (Lipinski definition) is 1. The fourth-order valence-electron chi connectivity index (χ4n) is 2.20. The van der Waals surface area contributed by atoms with Crippen molar-refractivity contribution in [1.29, 1.82) is 0 Å². The molecule has 1 saturated carbocycles. The number of hydrogen-bond acceptors (Lipinski definition) is 3. The molecule has 4 heteroatoms. The van der Waals surface area contributed by atoms with E-state index < -0.39 is 0 Å². The van der Waals surface area contributed by atoms with Gasteiger partial charge in [-0.05, 0) is 12.8 Å². The van der Waals surface area contributed by atoms with Gasteiger partial charge in [-0.1, -0.05) is 24.6 Å². The maximum absolute atomic E-state index is 10.8. The van der Waals surface area contributed by atoms with Crippen LogP contribution in [-0.2, 0) is 5.41 Å². The van der Waals surface area contributed by atoms with Gasteiger partial charge in [-0.2, -0.15) is 0 Å². The number of aliphatic hydroxyl groups is 1. The number of para-hydroxylation sites is 1. The SMILES string of the molecule is O=[N+]([O-])c1ccccc1C1(CO)CCC1. The first kappa shape index (κ1) is 10.1. The molecule has 0 saturated heterocycles. The third kappa shape index (κ3) is 1.51. The Labute approximate surface area is 87.7 Å². The summed E-state index contributed by atoms with van der Waals surface area (Å²) in [5, 5.41) is 20.2. The molecule has 1 aromatic rings. The molecule has 0 aliphatic heterocycles. The first-order valence-corrected chi connectivity index (χ1v) is 5.04. The Morgan fingerprint density at radius 1 is 1.40 bits per heavy atom. The second-order valence-electron chi connectivity index (χ2n) is 4.07. The maximum atomic E-state index is 10.8. The lowest BCUT2D eigenvalue weighted by atomic mass is 9.64. The highest BCUT2D eigenvalue weighted by molar-refractivity contribution is 5.46. The molecular formula is C11H13NO3. The van der Waals surface area contributed by atoms with Gasteiger partial charge in [-0.15, -0.1) is 0 Å². The summed E-state index contributed by atoms with van der Waals surface area (Å²) in [6.07, 6.45) is 2.72. The third-order valence-electron chi connectivity index (χ3n) is 3.29. The van der Waals surface area contributed by atoms with Crippen LogP contribution in [0.1, 0.15) is 24.8 Å². The van der Waals surface area contributed by atoms with Crippen LogP contribution in [0, 0.1) is 10.1 Å². The number of benzene rings is 1. The van der Waals surface area contributed by atoms with Crippen LogP contribution in [0.25, 0.3) is 0 Å². The molecule has 1 N–H and O–H groups in total. The molecule has 0 amide bonds. The van der Waals surface area contributed by atoms with E-state index in [0.29, 0.717) is 5.56 Å². The number of nitro groups is 1. The van der Waals surface area contributed by atoms with Crippen LogP contribution in [0.15, 0.2) is 24.3 Å². The van der Waals surface area contributed by atoms with Gasteiger partial charge in [0.15, 0.2) is 0 Å². The summed E-state index contributed by atoms with van der Waals surface area (Å²) in [5.41, 5.74) is 0.457. The first-order chi connectivity index (χ1) is 7.19. The van der Waals surface area contributed by atoms with E-state index in [1.807, 2.05) is 0 Å². The van der Waals surface area contributed by atoms with E-state index in [4.69, 9.17) is 0 Å². The summed E-state index contributed by atoms with van der Waals surface area (Å²) in [7, 11) is 0. The van der Waals surface area contributed by atoms with Crippen molar-refractivity contribution < 1.29 is 10.0 Å². The van der Waals surface area contributed by atoms with Crippen molar-refractivity contribution in [3.63, 3.8) is 0 Å². The van der Waals surface area contributed by atoms with Gasteiger partial charge in [0.2, 0.25) is 0 Å². The second-order valence-corrected chi connectivity index (χ2v) is 4.07. The van der Waals surface area contributed by atoms with E-state index in [1.165, 1.54) is 6.07 Å². The lowest BCUT2D eigenvalue weighted by Crippen LogP contribution is -2.38. The highest BCUT2D eigenvalue weighted by Gasteiger charge is 2.42. The molecule has 4 nitrogen and oxygen atoms in total. The standard InChI is InChI=1S/C11H13NO3/c13-8-11(6-3-7-11)9-4-1-2-5-10(9)12(14)15/h1-2,4-5,13H,3,6-8H2. The van der Waals surface area contributed by atoms with Gasteiger partial charge in [0.1, 0.15) is 0 Å². The fourth-order valence-corrected chi connectivity index (χ4v) is 2.20. The topological polar surface area (TPSA) is 63.4 Å². The van der Waals surface area contributed by atoms with Crippen molar-refractivity contribution in [2.75, 3.05) is 6.61 Å². The molecule has 0 aromatic heterocycles. The summed E-state index contributed by atoms with van der Waals surface area (Å²) in [6, 6.07) is 6.71. The Morgan fingerprint density at radius 2 is 2.07 bits per heavy atom. The molecule has 1 fully saturated rings. The maximum Gasteiger partial charge on any atom is 0.273 e. The molecule has 0 bridgehead atoms. The number of nitro benzene ring substituents is 1. The normalized spacial score (nSPS) is 18.2. The summed E-state index contributed by atoms with van der Waals surface area (Å²) in [4.78, 5) is 10.5. The van der Waals surface area contributed by atoms with Crippen molar-refractivity contribution in [2.24, 2.45) is 0 Å². The molecule has 1 aliphatic rings. The van der Waals surface area contributed by atoms with E-state index in [9.17, 15) is 15.2 Å². The van der Waals surface area contributed by atoms with Gasteiger partial charge in [0, 0.05) is 17.0 Å². The van der Waals surface area contributed by atoms with Crippen LogP contribution in [0.3, 0.4) is 0 Å². The van der Waals surface area contributed by atoms with Crippen LogP contribution in [-0.4, -0.2) is 16.6 Å². The largest absolute Gasteiger partial charge is 0.395 e. The Bertz CT molecular complexity index is 380. The van der Waals surface area contributed by atoms with Crippen LogP contribution >= 0.6 is 0 Å². The van der Waals surface area contributed by atoms with E-state index in [-0.39, 0.29) is 22.6 Å². The van der Waals surface area contributed by atoms with E-state index >= 15 is 0 Å². The fraction of sp³-hybridized carbons (Fsp3) is 0.455. The zero-order valence-electron chi connectivity index (χ0n) is 8.35. The average molecular weight is 207 g/mol. The van der Waals surface area contributed by atoms with Crippen molar-refractivity contribution in [3.8, 4) is 0 Å². The van der Waals surface area contributed by atoms with Gasteiger partial charge in [0.25, 0.3) is 5.69 Å². The Morgan fingerprint density at radius 3 is 2.53 bits per heavy atom. The molecule has 0 heterocycles. The van der Waals surface area contributed by atoms with Crippen LogP contribution in [0.2, 0.25) is 0 Å². The molecule has 80 valence electrons. The molecule has 1 aromatic carbocycles. The molecule has 0 unspecified atom stereocenters. The Balaban J connectivity index is 2.46. The van der Waals surface area contributed by atoms with Gasteiger partial charge in [-0.3, -0.25) is 10.1 Å². The predicted octanol–water partition coefficient (Wildman–Crippen LogP) is 2.01. The minimum Gasteiger partial charge on any atom is -0.395 e. The minimum atomic E-state index is -0.370. The summed E-state index contributed by atoms with van der Waals surface area (Å²) in [6.45, 7) is -0.00213. The second kappa shape index (κ2) is 3.62. The van der Waals surface area contributed by atoms with Crippen molar-refractivity contribution in [1.82, 2.24) is 0 Å². The lowest BCUT2D eigenvalue weighted by Gasteiger charge is -2.40. The number of aliphatic hydroxyl groups excluding tert-OH is 1. The van der Waals surface area contributed by atoms with E-state index in [1.54, 1.807) is 18.2 Å². The van der Waals surface area contributed by atoms with Gasteiger partial charge >= 0.3 is 0 Å². The smallest absolute Gasteiger partial charge is 0.273 e. The number of nitrogens with zero attached hydrogens (tertiary/aromatic N) is 1. The monoisotopic (exact) mass is 207 g/mol. The van der Waals surface area contributed by atoms with Crippen LogP contribution in [0.4, 0.5) is 5.69 Å². The van der Waals surface area contributed by atoms with Gasteiger partial charge in [0.05, 0.1) is 11.5 Å². The average Bonchev–Trinajstić information content (AvgIpc) is 2.17. The number of rotatable bonds is 3. The molecule has 2 rings (SSSR count). The summed E-state index contributed by atoms with van der Waals surface area (Å²) in [5.74, 6) is 0. The quantitative estimate of drug-likeness (QED) is 0.609. The zero-order valence-corrected chi connectivity index (χ0v) is 8.35. The summed E-state index contributed by atoms with van der Waals surface area (Å²) >= 11 is 0. The van der Waals surface area contributed by atoms with Crippen molar-refractivity contribution in [3.05, 3.63) is 39.9 Å². The third-order valence-corrected chi connectivity index (χ3v) is 3.29. The van der Waals surface area contributed by atoms with Crippen LogP contribution in [0.5, 0.6) is 0 Å². The highest BCUT2D eigenvalue weighted by Crippen LogP contribution is 2.46. The molecule has 1 aliphatic carbocycles. The zero-order chi connectivity index (χ0) is 10.9.